The highest BCUT2D eigenvalue weighted by molar-refractivity contribution is 5.77. The number of nitrogens with zero attached hydrogens (tertiary/aromatic N) is 1. The van der Waals surface area contributed by atoms with Crippen LogP contribution in [0.5, 0.6) is 0 Å². The van der Waals surface area contributed by atoms with Gasteiger partial charge in [-0.25, -0.2) is 0 Å². The van der Waals surface area contributed by atoms with Crippen LogP contribution in [0.2, 0.25) is 0 Å². The second-order valence-corrected chi connectivity index (χ2v) is 3.10. The van der Waals surface area contributed by atoms with Crippen molar-refractivity contribution in [2.24, 2.45) is 0 Å². The van der Waals surface area contributed by atoms with E-state index in [0.29, 0.717) is 6.54 Å². The Labute approximate surface area is 83.4 Å². The average Bonchev–Trinajstić information content (AvgIpc) is 2.15. The number of benzene rings is 1. The van der Waals surface area contributed by atoms with Gasteiger partial charge in [-0.15, -0.1) is 0 Å². The number of rotatable bonds is 3. The highest BCUT2D eigenvalue weighted by Gasteiger charge is 1.99. The molecule has 0 aromatic heterocycles. The molecule has 0 fully saturated rings. The molecular formula is C11H12N2O. The number of amides is 1. The van der Waals surface area contributed by atoms with Gasteiger partial charge in [0.15, 0.2) is 0 Å². The van der Waals surface area contributed by atoms with E-state index in [9.17, 15) is 4.79 Å². The average molecular weight is 188 g/mol. The molecule has 0 radical (unpaired) electrons. The first kappa shape index (κ1) is 10.3. The van der Waals surface area contributed by atoms with Gasteiger partial charge in [0.1, 0.15) is 6.42 Å². The van der Waals surface area contributed by atoms with Gasteiger partial charge in [-0.2, -0.15) is 5.26 Å². The molecule has 3 heteroatoms. The topological polar surface area (TPSA) is 52.9 Å². The van der Waals surface area contributed by atoms with Crippen LogP contribution < -0.4 is 5.32 Å². The van der Waals surface area contributed by atoms with Crippen LogP contribution in [0.3, 0.4) is 0 Å². The van der Waals surface area contributed by atoms with Crippen molar-refractivity contribution in [1.82, 2.24) is 5.32 Å². The molecule has 0 aliphatic rings. The van der Waals surface area contributed by atoms with Crippen molar-refractivity contribution in [1.29, 1.82) is 5.26 Å². The summed E-state index contributed by atoms with van der Waals surface area (Å²) in [6.45, 7) is 2.49. The van der Waals surface area contributed by atoms with Crippen LogP contribution >= 0.6 is 0 Å². The number of nitrogens with one attached hydrogen (secondary N) is 1. The third-order valence-corrected chi connectivity index (χ3v) is 1.81. The number of hydrogen-bond donors (Lipinski definition) is 1. The van der Waals surface area contributed by atoms with Gasteiger partial charge in [-0.1, -0.05) is 29.8 Å². The number of aryl methyl sites for hydroxylation is 1. The van der Waals surface area contributed by atoms with E-state index in [0.717, 1.165) is 11.1 Å². The molecule has 0 saturated carbocycles. The summed E-state index contributed by atoms with van der Waals surface area (Å²) >= 11 is 0. The molecule has 72 valence electrons. The number of nitriles is 1. The lowest BCUT2D eigenvalue weighted by Gasteiger charge is -2.03. The molecule has 1 aromatic carbocycles. The molecule has 0 bridgehead atoms. The normalized spacial score (nSPS) is 9.14. The first-order valence-corrected chi connectivity index (χ1v) is 4.41. The van der Waals surface area contributed by atoms with Crippen molar-refractivity contribution >= 4 is 5.91 Å². The van der Waals surface area contributed by atoms with Crippen LogP contribution in [-0.2, 0) is 11.3 Å². The Kier molecular flexibility index (Phi) is 3.69. The summed E-state index contributed by atoms with van der Waals surface area (Å²) in [6, 6.07) is 9.70. The van der Waals surface area contributed by atoms with Gasteiger partial charge in [0.05, 0.1) is 6.07 Å². The molecule has 1 amide bonds. The maximum Gasteiger partial charge on any atom is 0.234 e. The Morgan fingerprint density at radius 2 is 2.36 bits per heavy atom. The van der Waals surface area contributed by atoms with E-state index in [1.807, 2.05) is 31.2 Å². The Bertz CT molecular complexity index is 366. The van der Waals surface area contributed by atoms with E-state index in [4.69, 9.17) is 5.26 Å². The molecular weight excluding hydrogens is 176 g/mol. The Morgan fingerprint density at radius 3 is 3.00 bits per heavy atom. The van der Waals surface area contributed by atoms with Gasteiger partial charge in [-0.3, -0.25) is 4.79 Å². The minimum absolute atomic E-state index is 0.0776. The van der Waals surface area contributed by atoms with Gasteiger partial charge in [0, 0.05) is 6.54 Å². The zero-order chi connectivity index (χ0) is 10.4. The summed E-state index contributed by atoms with van der Waals surface area (Å²) in [7, 11) is 0. The molecule has 0 spiro atoms. The second-order valence-electron chi connectivity index (χ2n) is 3.10. The number of hydrogen-bond acceptors (Lipinski definition) is 2. The van der Waals surface area contributed by atoms with E-state index in [-0.39, 0.29) is 12.3 Å². The van der Waals surface area contributed by atoms with E-state index in [1.54, 1.807) is 6.07 Å². The monoisotopic (exact) mass is 188 g/mol. The van der Waals surface area contributed by atoms with Gasteiger partial charge in [-0.05, 0) is 12.5 Å². The van der Waals surface area contributed by atoms with Crippen molar-refractivity contribution in [2.45, 2.75) is 19.9 Å². The van der Waals surface area contributed by atoms with Crippen molar-refractivity contribution < 1.29 is 4.79 Å². The molecule has 1 rings (SSSR count). The standard InChI is InChI=1S/C11H12N2O/c1-9-3-2-4-10(7-9)8-13-11(14)5-6-12/h2-4,7H,5,8H2,1H3,(H,13,14). The van der Waals surface area contributed by atoms with E-state index < -0.39 is 0 Å². The maximum absolute atomic E-state index is 11.0. The summed E-state index contributed by atoms with van der Waals surface area (Å²) in [5, 5.41) is 10.9. The summed E-state index contributed by atoms with van der Waals surface area (Å²) in [5.41, 5.74) is 2.22. The predicted octanol–water partition coefficient (Wildman–Crippen LogP) is 1.52. The largest absolute Gasteiger partial charge is 0.351 e. The molecule has 1 N–H and O–H groups in total. The zero-order valence-corrected chi connectivity index (χ0v) is 8.08. The molecule has 0 heterocycles. The molecule has 0 aliphatic carbocycles. The maximum atomic E-state index is 11.0. The second kappa shape index (κ2) is 5.03. The fraction of sp³-hybridized carbons (Fsp3) is 0.273. The van der Waals surface area contributed by atoms with Crippen LogP contribution in [0.25, 0.3) is 0 Å². The van der Waals surface area contributed by atoms with Crippen molar-refractivity contribution in [3.05, 3.63) is 35.4 Å². The minimum atomic E-state index is -0.228. The predicted molar refractivity (Wildman–Crippen MR) is 53.3 cm³/mol. The molecule has 0 saturated heterocycles. The van der Waals surface area contributed by atoms with Gasteiger partial charge in [0.25, 0.3) is 0 Å². The van der Waals surface area contributed by atoms with E-state index in [1.165, 1.54) is 0 Å². The fourth-order valence-corrected chi connectivity index (χ4v) is 1.16. The highest BCUT2D eigenvalue weighted by Crippen LogP contribution is 2.03. The Balaban J connectivity index is 2.46. The number of carbonyl (C=O) groups excluding carboxylic acids is 1. The van der Waals surface area contributed by atoms with Crippen LogP contribution in [0, 0.1) is 18.3 Å². The van der Waals surface area contributed by atoms with Crippen molar-refractivity contribution in [3.8, 4) is 6.07 Å². The lowest BCUT2D eigenvalue weighted by molar-refractivity contribution is -0.120. The lowest BCUT2D eigenvalue weighted by atomic mass is 10.1. The summed E-state index contributed by atoms with van der Waals surface area (Å²) in [4.78, 5) is 11.0. The molecule has 0 atom stereocenters. The molecule has 3 nitrogen and oxygen atoms in total. The van der Waals surface area contributed by atoms with Gasteiger partial charge >= 0.3 is 0 Å². The van der Waals surface area contributed by atoms with Crippen LogP contribution in [0.15, 0.2) is 24.3 Å². The van der Waals surface area contributed by atoms with E-state index >= 15 is 0 Å². The molecule has 1 aromatic rings. The van der Waals surface area contributed by atoms with Crippen LogP contribution in [-0.4, -0.2) is 5.91 Å². The fourth-order valence-electron chi connectivity index (χ4n) is 1.16. The quantitative estimate of drug-likeness (QED) is 0.782. The lowest BCUT2D eigenvalue weighted by Crippen LogP contribution is -2.21. The first-order chi connectivity index (χ1) is 6.72. The van der Waals surface area contributed by atoms with Crippen molar-refractivity contribution in [3.63, 3.8) is 0 Å². The molecule has 0 aliphatic heterocycles. The molecule has 14 heavy (non-hydrogen) atoms. The smallest absolute Gasteiger partial charge is 0.234 e. The van der Waals surface area contributed by atoms with Gasteiger partial charge < -0.3 is 5.32 Å². The number of carbonyl (C=O) groups is 1. The third kappa shape index (κ3) is 3.28. The third-order valence-electron chi connectivity index (χ3n) is 1.81. The van der Waals surface area contributed by atoms with Crippen LogP contribution in [0.4, 0.5) is 0 Å². The Morgan fingerprint density at radius 1 is 1.57 bits per heavy atom. The minimum Gasteiger partial charge on any atom is -0.351 e. The summed E-state index contributed by atoms with van der Waals surface area (Å²) < 4.78 is 0. The van der Waals surface area contributed by atoms with Crippen molar-refractivity contribution in [2.75, 3.05) is 0 Å². The highest BCUT2D eigenvalue weighted by atomic mass is 16.1. The summed E-state index contributed by atoms with van der Waals surface area (Å²) in [5.74, 6) is -0.228. The van der Waals surface area contributed by atoms with Gasteiger partial charge in [0.2, 0.25) is 5.91 Å². The first-order valence-electron chi connectivity index (χ1n) is 4.41. The molecule has 0 unspecified atom stereocenters. The Hall–Kier alpha value is -1.82. The van der Waals surface area contributed by atoms with E-state index in [2.05, 4.69) is 5.32 Å². The summed E-state index contributed by atoms with van der Waals surface area (Å²) in [6.07, 6.45) is -0.0776. The van der Waals surface area contributed by atoms with Crippen LogP contribution in [0.1, 0.15) is 17.5 Å². The zero-order valence-electron chi connectivity index (χ0n) is 8.08. The SMILES string of the molecule is Cc1cccc(CNC(=O)CC#N)c1.